The summed E-state index contributed by atoms with van der Waals surface area (Å²) in [6.45, 7) is 6.85. The second-order valence-electron chi connectivity index (χ2n) is 6.65. The minimum Gasteiger partial charge on any atom is -0.434 e. The van der Waals surface area contributed by atoms with Crippen LogP contribution in [0, 0.1) is 12.8 Å². The predicted octanol–water partition coefficient (Wildman–Crippen LogP) is 3.30. The van der Waals surface area contributed by atoms with Gasteiger partial charge < -0.3 is 25.2 Å². The van der Waals surface area contributed by atoms with Crippen molar-refractivity contribution in [3.05, 3.63) is 29.3 Å². The van der Waals surface area contributed by atoms with E-state index in [0.717, 1.165) is 5.56 Å². The Balaban J connectivity index is 0.00000729. The Labute approximate surface area is 183 Å². The summed E-state index contributed by atoms with van der Waals surface area (Å²) in [4.78, 5) is 4.39. The van der Waals surface area contributed by atoms with E-state index in [0.29, 0.717) is 30.6 Å². The normalized spacial score (nSPS) is 12.7. The Bertz CT molecular complexity index is 590. The molecule has 1 aromatic carbocycles. The summed E-state index contributed by atoms with van der Waals surface area (Å²) in [6.07, 6.45) is -0.677. The lowest BCUT2D eigenvalue weighted by Gasteiger charge is -2.16. The van der Waals surface area contributed by atoms with E-state index in [4.69, 9.17) is 4.74 Å². The Hall–Kier alpha value is -1.20. The highest BCUT2D eigenvalue weighted by Gasteiger charge is 2.11. The summed E-state index contributed by atoms with van der Waals surface area (Å²) in [5.41, 5.74) is 1.49. The summed E-state index contributed by atoms with van der Waals surface area (Å²) >= 11 is 0. The Kier molecular flexibility index (Phi) is 14.1. The summed E-state index contributed by atoms with van der Waals surface area (Å²) in [7, 11) is 0. The number of alkyl halides is 2. The molecule has 0 fully saturated rings. The van der Waals surface area contributed by atoms with Gasteiger partial charge in [0.2, 0.25) is 0 Å². The number of benzene rings is 1. The number of hydrogen-bond acceptors (Lipinski definition) is 4. The Morgan fingerprint density at radius 1 is 1.21 bits per heavy atom. The number of halogens is 3. The highest BCUT2D eigenvalue weighted by molar-refractivity contribution is 14.0. The lowest BCUT2D eigenvalue weighted by Crippen LogP contribution is -2.42. The molecule has 0 aliphatic rings. The SMILES string of the molecule is CCNC(=NCc1cc(C)ccc1OC(F)F)NCC(O)COCC(C)C.I. The minimum atomic E-state index is -2.89. The number of aryl methyl sites for hydroxylation is 1. The number of ether oxygens (including phenoxy) is 2. The number of nitrogens with one attached hydrogen (secondary N) is 2. The van der Waals surface area contributed by atoms with Crippen LogP contribution in [-0.2, 0) is 11.3 Å². The maximum atomic E-state index is 12.6. The van der Waals surface area contributed by atoms with Crippen molar-refractivity contribution >= 4 is 29.9 Å². The molecule has 1 rings (SSSR count). The summed E-state index contributed by atoms with van der Waals surface area (Å²) in [5, 5.41) is 16.0. The first-order chi connectivity index (χ1) is 12.8. The van der Waals surface area contributed by atoms with Gasteiger partial charge in [0.1, 0.15) is 5.75 Å². The fraction of sp³-hybridized carbons (Fsp3) is 0.632. The van der Waals surface area contributed by atoms with Crippen LogP contribution in [-0.4, -0.2) is 50.1 Å². The maximum Gasteiger partial charge on any atom is 0.387 e. The van der Waals surface area contributed by atoms with Crippen LogP contribution in [0.4, 0.5) is 8.78 Å². The number of aliphatic hydroxyl groups is 1. The molecule has 0 heterocycles. The summed E-state index contributed by atoms with van der Waals surface area (Å²) < 4.78 is 35.1. The molecule has 0 saturated carbocycles. The highest BCUT2D eigenvalue weighted by Crippen LogP contribution is 2.22. The third-order valence-electron chi connectivity index (χ3n) is 3.45. The van der Waals surface area contributed by atoms with Crippen LogP contribution in [0.1, 0.15) is 31.9 Å². The minimum absolute atomic E-state index is 0. The van der Waals surface area contributed by atoms with Crippen molar-refractivity contribution in [1.29, 1.82) is 0 Å². The van der Waals surface area contributed by atoms with Crippen molar-refractivity contribution in [2.45, 2.75) is 47.0 Å². The van der Waals surface area contributed by atoms with Crippen molar-refractivity contribution in [3.8, 4) is 5.75 Å². The number of rotatable bonds is 11. The van der Waals surface area contributed by atoms with E-state index >= 15 is 0 Å². The quantitative estimate of drug-likeness (QED) is 0.240. The Morgan fingerprint density at radius 3 is 2.54 bits per heavy atom. The van der Waals surface area contributed by atoms with Crippen LogP contribution < -0.4 is 15.4 Å². The van der Waals surface area contributed by atoms with E-state index in [1.54, 1.807) is 12.1 Å². The maximum absolute atomic E-state index is 12.6. The van der Waals surface area contributed by atoms with Gasteiger partial charge in [-0.2, -0.15) is 8.78 Å². The number of hydrogen-bond donors (Lipinski definition) is 3. The molecular weight excluding hydrogens is 483 g/mol. The van der Waals surface area contributed by atoms with Gasteiger partial charge in [-0.3, -0.25) is 0 Å². The number of nitrogens with zero attached hydrogens (tertiary/aromatic N) is 1. The molecule has 0 aromatic heterocycles. The van der Waals surface area contributed by atoms with Crippen LogP contribution >= 0.6 is 24.0 Å². The van der Waals surface area contributed by atoms with Gasteiger partial charge in [0, 0.05) is 25.3 Å². The molecular formula is C19H32F2IN3O3. The standard InChI is InChI=1S/C19H31F2N3O3.HI/c1-5-22-19(24-10-16(25)12-26-11-13(2)3)23-9-15-8-14(4)6-7-17(15)27-18(20)21;/h6-8,13,16,18,25H,5,9-12H2,1-4H3,(H2,22,23,24);1H. The second kappa shape index (κ2) is 14.7. The largest absolute Gasteiger partial charge is 0.434 e. The fourth-order valence-electron chi connectivity index (χ4n) is 2.26. The molecule has 1 aromatic rings. The number of aliphatic imine (C=N–C) groups is 1. The molecule has 0 bridgehead atoms. The van der Waals surface area contributed by atoms with E-state index in [1.165, 1.54) is 6.07 Å². The van der Waals surface area contributed by atoms with Crippen LogP contribution in [0.15, 0.2) is 23.2 Å². The Morgan fingerprint density at radius 2 is 1.93 bits per heavy atom. The van der Waals surface area contributed by atoms with Gasteiger partial charge >= 0.3 is 6.61 Å². The lowest BCUT2D eigenvalue weighted by molar-refractivity contribution is -0.0504. The zero-order valence-corrected chi connectivity index (χ0v) is 19.2. The number of guanidine groups is 1. The summed E-state index contributed by atoms with van der Waals surface area (Å²) in [5.74, 6) is 0.991. The molecule has 28 heavy (non-hydrogen) atoms. The van der Waals surface area contributed by atoms with E-state index < -0.39 is 12.7 Å². The van der Waals surface area contributed by atoms with Crippen LogP contribution in [0.3, 0.4) is 0 Å². The third-order valence-corrected chi connectivity index (χ3v) is 3.45. The van der Waals surface area contributed by atoms with Gasteiger partial charge in [-0.15, -0.1) is 24.0 Å². The average molecular weight is 515 g/mol. The van der Waals surface area contributed by atoms with Gasteiger partial charge in [0.25, 0.3) is 0 Å². The molecule has 0 aliphatic carbocycles. The zero-order chi connectivity index (χ0) is 20.2. The van der Waals surface area contributed by atoms with E-state index in [1.807, 2.05) is 27.7 Å². The van der Waals surface area contributed by atoms with Crippen molar-refractivity contribution in [2.75, 3.05) is 26.3 Å². The van der Waals surface area contributed by atoms with Crippen molar-refractivity contribution in [1.82, 2.24) is 10.6 Å². The van der Waals surface area contributed by atoms with Crippen molar-refractivity contribution in [3.63, 3.8) is 0 Å². The monoisotopic (exact) mass is 515 g/mol. The first-order valence-corrected chi connectivity index (χ1v) is 9.14. The molecule has 1 atom stereocenters. The van der Waals surface area contributed by atoms with Gasteiger partial charge in [-0.25, -0.2) is 4.99 Å². The molecule has 1 unspecified atom stereocenters. The molecule has 0 saturated heterocycles. The molecule has 0 radical (unpaired) electrons. The fourth-order valence-corrected chi connectivity index (χ4v) is 2.26. The van der Waals surface area contributed by atoms with E-state index in [9.17, 15) is 13.9 Å². The third kappa shape index (κ3) is 11.6. The molecule has 0 amide bonds. The first-order valence-electron chi connectivity index (χ1n) is 9.14. The molecule has 6 nitrogen and oxygen atoms in total. The molecule has 9 heteroatoms. The highest BCUT2D eigenvalue weighted by atomic mass is 127. The molecule has 0 spiro atoms. The zero-order valence-electron chi connectivity index (χ0n) is 16.9. The van der Waals surface area contributed by atoms with E-state index in [2.05, 4.69) is 20.4 Å². The predicted molar refractivity (Wildman–Crippen MR) is 118 cm³/mol. The topological polar surface area (TPSA) is 75.1 Å². The number of aliphatic hydroxyl groups excluding tert-OH is 1. The van der Waals surface area contributed by atoms with Crippen molar-refractivity contribution < 1.29 is 23.4 Å². The molecule has 0 aliphatic heterocycles. The van der Waals surface area contributed by atoms with Gasteiger partial charge in [0.05, 0.1) is 19.3 Å². The van der Waals surface area contributed by atoms with Crippen molar-refractivity contribution in [2.24, 2.45) is 10.9 Å². The van der Waals surface area contributed by atoms with Gasteiger partial charge in [-0.1, -0.05) is 31.5 Å². The lowest BCUT2D eigenvalue weighted by atomic mass is 10.1. The van der Waals surface area contributed by atoms with Crippen LogP contribution in [0.25, 0.3) is 0 Å². The average Bonchev–Trinajstić information content (AvgIpc) is 2.58. The first kappa shape index (κ1) is 26.8. The van der Waals surface area contributed by atoms with Crippen LogP contribution in [0.5, 0.6) is 5.75 Å². The van der Waals surface area contributed by atoms with Gasteiger partial charge in [0.15, 0.2) is 5.96 Å². The molecule has 162 valence electrons. The second-order valence-corrected chi connectivity index (χ2v) is 6.65. The molecule has 3 N–H and O–H groups in total. The van der Waals surface area contributed by atoms with Gasteiger partial charge in [-0.05, 0) is 25.8 Å². The smallest absolute Gasteiger partial charge is 0.387 e. The van der Waals surface area contributed by atoms with Crippen LogP contribution in [0.2, 0.25) is 0 Å². The summed E-state index contributed by atoms with van der Waals surface area (Å²) in [6, 6.07) is 4.99. The van der Waals surface area contributed by atoms with E-state index in [-0.39, 0.29) is 49.4 Å².